The van der Waals surface area contributed by atoms with Crippen molar-refractivity contribution < 1.29 is 19.1 Å². The molecule has 2 heterocycles. The number of carbonyl (C=O) groups is 1. The SMILES string of the molecule is Cc1cc(O[C@H](C)C(=O)N2CC[C@@]3(O)CCCC[C@H]3[C@@H]2c2ccc(Cl)cc2)c2c3c(c(=O)oc2c1)CCCC3. The molecular formula is C32H36ClNO5. The second-order valence-electron chi connectivity index (χ2n) is 11.7. The van der Waals surface area contributed by atoms with Gasteiger partial charge in [-0.15, -0.1) is 0 Å². The van der Waals surface area contributed by atoms with Gasteiger partial charge in [0, 0.05) is 23.0 Å². The summed E-state index contributed by atoms with van der Waals surface area (Å²) in [5, 5.41) is 13.1. The molecule has 0 radical (unpaired) electrons. The van der Waals surface area contributed by atoms with Gasteiger partial charge < -0.3 is 19.2 Å². The van der Waals surface area contributed by atoms with Crippen molar-refractivity contribution in [2.24, 2.45) is 5.92 Å². The highest BCUT2D eigenvalue weighted by molar-refractivity contribution is 6.30. The van der Waals surface area contributed by atoms with Gasteiger partial charge >= 0.3 is 5.63 Å². The lowest BCUT2D eigenvalue weighted by Gasteiger charge is -2.53. The van der Waals surface area contributed by atoms with E-state index in [9.17, 15) is 14.7 Å². The van der Waals surface area contributed by atoms with Crippen LogP contribution in [0.5, 0.6) is 5.75 Å². The number of hydrogen-bond donors (Lipinski definition) is 1. The highest BCUT2D eigenvalue weighted by atomic mass is 35.5. The molecular weight excluding hydrogens is 514 g/mol. The molecule has 2 fully saturated rings. The minimum absolute atomic E-state index is 0.0431. The van der Waals surface area contributed by atoms with Crippen molar-refractivity contribution in [1.29, 1.82) is 0 Å². The Balaban J connectivity index is 1.35. The number of aryl methyl sites for hydroxylation is 2. The van der Waals surface area contributed by atoms with Gasteiger partial charge in [0.2, 0.25) is 0 Å². The second kappa shape index (κ2) is 10.3. The number of aliphatic hydroxyl groups is 1. The molecule has 1 amide bonds. The Kier molecular flexibility index (Phi) is 6.96. The third-order valence-electron chi connectivity index (χ3n) is 9.14. The fraction of sp³-hybridized carbons (Fsp3) is 0.500. The van der Waals surface area contributed by atoms with Crippen LogP contribution in [0.3, 0.4) is 0 Å². The summed E-state index contributed by atoms with van der Waals surface area (Å²) in [5.41, 5.74) is 3.09. The Morgan fingerprint density at radius 1 is 1.10 bits per heavy atom. The lowest BCUT2D eigenvalue weighted by atomic mass is 9.66. The topological polar surface area (TPSA) is 80.0 Å². The van der Waals surface area contributed by atoms with E-state index < -0.39 is 11.7 Å². The highest BCUT2D eigenvalue weighted by Gasteiger charge is 2.50. The molecule has 206 valence electrons. The smallest absolute Gasteiger partial charge is 0.339 e. The van der Waals surface area contributed by atoms with Crippen molar-refractivity contribution in [3.8, 4) is 5.75 Å². The first-order chi connectivity index (χ1) is 18.7. The van der Waals surface area contributed by atoms with E-state index in [0.29, 0.717) is 35.7 Å². The molecule has 3 aromatic rings. The molecule has 1 aromatic heterocycles. The Bertz CT molecular complexity index is 1460. The van der Waals surface area contributed by atoms with E-state index in [1.165, 1.54) is 0 Å². The van der Waals surface area contributed by atoms with E-state index in [0.717, 1.165) is 72.6 Å². The number of likely N-dealkylation sites (tertiary alicyclic amines) is 1. The van der Waals surface area contributed by atoms with Gasteiger partial charge in [-0.05, 0) is 99.7 Å². The number of benzene rings is 2. The summed E-state index contributed by atoms with van der Waals surface area (Å²) in [6.45, 7) is 4.19. The van der Waals surface area contributed by atoms with Crippen molar-refractivity contribution in [1.82, 2.24) is 4.90 Å². The molecule has 7 heteroatoms. The van der Waals surface area contributed by atoms with Crippen molar-refractivity contribution in [3.63, 3.8) is 0 Å². The van der Waals surface area contributed by atoms with Gasteiger partial charge in [-0.1, -0.05) is 36.6 Å². The zero-order valence-electron chi connectivity index (χ0n) is 22.7. The van der Waals surface area contributed by atoms with Crippen LogP contribution in [-0.2, 0) is 17.6 Å². The van der Waals surface area contributed by atoms with Crippen molar-refractivity contribution in [3.05, 3.63) is 74.1 Å². The van der Waals surface area contributed by atoms with E-state index in [1.54, 1.807) is 6.92 Å². The molecule has 1 aliphatic heterocycles. The first-order valence-electron chi connectivity index (χ1n) is 14.3. The largest absolute Gasteiger partial charge is 0.480 e. The number of nitrogens with zero attached hydrogens (tertiary/aromatic N) is 1. The summed E-state index contributed by atoms with van der Waals surface area (Å²) in [4.78, 5) is 28.7. The maximum Gasteiger partial charge on any atom is 0.339 e. The molecule has 6 rings (SSSR count). The van der Waals surface area contributed by atoms with E-state index >= 15 is 0 Å². The summed E-state index contributed by atoms with van der Waals surface area (Å²) in [6.07, 6.45) is 6.96. The van der Waals surface area contributed by atoms with Gasteiger partial charge in [0.05, 0.1) is 17.0 Å². The van der Waals surface area contributed by atoms with Gasteiger partial charge in [0.1, 0.15) is 11.3 Å². The predicted molar refractivity (Wildman–Crippen MR) is 151 cm³/mol. The maximum absolute atomic E-state index is 14.1. The van der Waals surface area contributed by atoms with Crippen LogP contribution in [0.4, 0.5) is 0 Å². The van der Waals surface area contributed by atoms with Crippen LogP contribution < -0.4 is 10.4 Å². The predicted octanol–water partition coefficient (Wildman–Crippen LogP) is 6.30. The average molecular weight is 550 g/mol. The van der Waals surface area contributed by atoms with Gasteiger partial charge in [0.15, 0.2) is 6.10 Å². The van der Waals surface area contributed by atoms with E-state index in [1.807, 2.05) is 48.2 Å². The Morgan fingerprint density at radius 3 is 2.62 bits per heavy atom. The third-order valence-corrected chi connectivity index (χ3v) is 9.39. The zero-order valence-corrected chi connectivity index (χ0v) is 23.4. The fourth-order valence-corrected chi connectivity index (χ4v) is 7.36. The lowest BCUT2D eigenvalue weighted by Crippen LogP contribution is -2.58. The molecule has 1 saturated heterocycles. The number of carbonyl (C=O) groups excluding carboxylic acids is 1. The Labute approximate surface area is 233 Å². The van der Waals surface area contributed by atoms with Crippen molar-refractivity contribution in [2.45, 2.75) is 89.4 Å². The molecule has 3 aliphatic rings. The maximum atomic E-state index is 14.1. The summed E-state index contributed by atoms with van der Waals surface area (Å²) in [5.74, 6) is 0.434. The number of halogens is 1. The Hall–Kier alpha value is -2.83. The molecule has 6 nitrogen and oxygen atoms in total. The van der Waals surface area contributed by atoms with E-state index in [2.05, 4.69) is 0 Å². The molecule has 4 atom stereocenters. The minimum Gasteiger partial charge on any atom is -0.480 e. The van der Waals surface area contributed by atoms with E-state index in [-0.39, 0.29) is 23.5 Å². The molecule has 39 heavy (non-hydrogen) atoms. The quantitative estimate of drug-likeness (QED) is 0.386. The molecule has 0 spiro atoms. The van der Waals surface area contributed by atoms with E-state index in [4.69, 9.17) is 20.8 Å². The van der Waals surface area contributed by atoms with Gasteiger partial charge in [-0.2, -0.15) is 0 Å². The average Bonchev–Trinajstić information content (AvgIpc) is 2.92. The van der Waals surface area contributed by atoms with Crippen LogP contribution >= 0.6 is 11.6 Å². The number of ether oxygens (including phenoxy) is 1. The van der Waals surface area contributed by atoms with Crippen LogP contribution in [0.1, 0.15) is 80.2 Å². The van der Waals surface area contributed by atoms with Gasteiger partial charge in [-0.3, -0.25) is 4.79 Å². The molecule has 1 N–H and O–H groups in total. The van der Waals surface area contributed by atoms with Crippen LogP contribution in [0.25, 0.3) is 11.0 Å². The van der Waals surface area contributed by atoms with Crippen molar-refractivity contribution >= 4 is 28.5 Å². The summed E-state index contributed by atoms with van der Waals surface area (Å²) in [6, 6.07) is 11.2. The number of piperidine rings is 1. The number of hydrogen-bond acceptors (Lipinski definition) is 5. The van der Waals surface area contributed by atoms with Gasteiger partial charge in [0.25, 0.3) is 5.91 Å². The minimum atomic E-state index is -0.771. The molecule has 0 unspecified atom stereocenters. The first kappa shape index (κ1) is 26.4. The van der Waals surface area contributed by atoms with Crippen molar-refractivity contribution in [2.75, 3.05) is 6.54 Å². The van der Waals surface area contributed by atoms with Crippen LogP contribution in [-0.4, -0.2) is 34.2 Å². The molecule has 2 aromatic carbocycles. The first-order valence-corrected chi connectivity index (χ1v) is 14.7. The van der Waals surface area contributed by atoms with Gasteiger partial charge in [-0.25, -0.2) is 4.79 Å². The summed E-state index contributed by atoms with van der Waals surface area (Å²) >= 11 is 6.20. The highest BCUT2D eigenvalue weighted by Crippen LogP contribution is 2.49. The zero-order chi connectivity index (χ0) is 27.3. The third kappa shape index (κ3) is 4.76. The Morgan fingerprint density at radius 2 is 1.85 bits per heavy atom. The normalized spacial score (nSPS) is 25.6. The summed E-state index contributed by atoms with van der Waals surface area (Å²) in [7, 11) is 0. The van der Waals surface area contributed by atoms with Crippen LogP contribution in [0.15, 0.2) is 45.6 Å². The molecule has 2 aliphatic carbocycles. The number of amides is 1. The second-order valence-corrected chi connectivity index (χ2v) is 12.1. The fourth-order valence-electron chi connectivity index (χ4n) is 7.24. The van der Waals surface area contributed by atoms with Crippen LogP contribution in [0, 0.1) is 12.8 Å². The van der Waals surface area contributed by atoms with Crippen LogP contribution in [0.2, 0.25) is 5.02 Å². The lowest BCUT2D eigenvalue weighted by molar-refractivity contribution is -0.161. The summed E-state index contributed by atoms with van der Waals surface area (Å²) < 4.78 is 12.2. The molecule has 1 saturated carbocycles. The monoisotopic (exact) mass is 549 g/mol. The molecule has 0 bridgehead atoms. The number of fused-ring (bicyclic) bond motifs is 4. The standard InChI is InChI=1S/C32H36ClNO5/c1-19-17-26(28-23-7-3-4-8-24(23)31(36)39-27(28)18-19)38-20(2)30(35)34-16-15-32(37)14-6-5-9-25(32)29(34)21-10-12-22(33)13-11-21/h10-13,17-18,20,25,29,37H,3-9,14-16H2,1-2H3/t20-,25+,29+,32+/m1/s1. The number of rotatable bonds is 4.